The van der Waals surface area contributed by atoms with Crippen LogP contribution in [0.2, 0.25) is 0 Å². The molecule has 1 rings (SSSR count). The summed E-state index contributed by atoms with van der Waals surface area (Å²) >= 11 is 0. The van der Waals surface area contributed by atoms with Gasteiger partial charge in [-0.05, 0) is 18.9 Å². The summed E-state index contributed by atoms with van der Waals surface area (Å²) in [5.74, 6) is 1.11. The molecule has 19 heavy (non-hydrogen) atoms. The van der Waals surface area contributed by atoms with E-state index in [0.29, 0.717) is 13.0 Å². The van der Waals surface area contributed by atoms with Gasteiger partial charge in [0.2, 0.25) is 0 Å². The SMILES string of the molecule is CC[C@@H](N)c1ccccc1OCCCS(=O)(=O)CC. The van der Waals surface area contributed by atoms with Gasteiger partial charge in [0, 0.05) is 17.4 Å². The maximum absolute atomic E-state index is 11.4. The van der Waals surface area contributed by atoms with E-state index in [2.05, 4.69) is 0 Å². The van der Waals surface area contributed by atoms with Crippen LogP contribution in [-0.4, -0.2) is 26.5 Å². The van der Waals surface area contributed by atoms with Crippen molar-refractivity contribution in [2.45, 2.75) is 32.7 Å². The van der Waals surface area contributed by atoms with Crippen LogP contribution in [0.15, 0.2) is 24.3 Å². The molecule has 1 atom stereocenters. The van der Waals surface area contributed by atoms with Crippen molar-refractivity contribution >= 4 is 9.84 Å². The molecule has 5 heteroatoms. The molecular weight excluding hydrogens is 262 g/mol. The molecule has 0 aromatic heterocycles. The van der Waals surface area contributed by atoms with Gasteiger partial charge < -0.3 is 10.5 Å². The average Bonchev–Trinajstić information content (AvgIpc) is 2.43. The number of nitrogens with two attached hydrogens (primary N) is 1. The molecule has 0 saturated heterocycles. The third-order valence-corrected chi connectivity index (χ3v) is 4.85. The smallest absolute Gasteiger partial charge is 0.150 e. The normalized spacial score (nSPS) is 13.2. The van der Waals surface area contributed by atoms with Gasteiger partial charge in [-0.1, -0.05) is 32.0 Å². The van der Waals surface area contributed by atoms with E-state index in [1.54, 1.807) is 6.92 Å². The number of hydrogen-bond donors (Lipinski definition) is 1. The lowest BCUT2D eigenvalue weighted by molar-refractivity contribution is 0.312. The second-order valence-electron chi connectivity index (χ2n) is 4.49. The maximum Gasteiger partial charge on any atom is 0.150 e. The fourth-order valence-corrected chi connectivity index (χ4v) is 2.59. The van der Waals surface area contributed by atoms with Crippen LogP contribution >= 0.6 is 0 Å². The lowest BCUT2D eigenvalue weighted by atomic mass is 10.0. The van der Waals surface area contributed by atoms with Crippen LogP contribution in [0, 0.1) is 0 Å². The van der Waals surface area contributed by atoms with E-state index in [0.717, 1.165) is 17.7 Å². The fraction of sp³-hybridized carbons (Fsp3) is 0.571. The third-order valence-electron chi connectivity index (χ3n) is 3.06. The zero-order valence-corrected chi connectivity index (χ0v) is 12.4. The number of hydrogen-bond acceptors (Lipinski definition) is 4. The summed E-state index contributed by atoms with van der Waals surface area (Å²) in [4.78, 5) is 0. The van der Waals surface area contributed by atoms with Crippen molar-refractivity contribution < 1.29 is 13.2 Å². The Morgan fingerprint density at radius 2 is 1.95 bits per heavy atom. The number of para-hydroxylation sites is 1. The molecule has 108 valence electrons. The van der Waals surface area contributed by atoms with E-state index in [1.165, 1.54) is 0 Å². The molecule has 0 fully saturated rings. The van der Waals surface area contributed by atoms with Gasteiger partial charge in [0.25, 0.3) is 0 Å². The molecule has 2 N–H and O–H groups in total. The first-order chi connectivity index (χ1) is 9.00. The summed E-state index contributed by atoms with van der Waals surface area (Å²) in [6.07, 6.45) is 1.34. The van der Waals surface area contributed by atoms with Crippen molar-refractivity contribution in [3.05, 3.63) is 29.8 Å². The molecule has 0 aliphatic carbocycles. The van der Waals surface area contributed by atoms with Crippen LogP contribution in [0.25, 0.3) is 0 Å². The van der Waals surface area contributed by atoms with E-state index in [1.807, 2.05) is 31.2 Å². The Kier molecular flexibility index (Phi) is 6.31. The molecule has 1 aromatic carbocycles. The van der Waals surface area contributed by atoms with Gasteiger partial charge in [-0.2, -0.15) is 0 Å². The van der Waals surface area contributed by atoms with Gasteiger partial charge >= 0.3 is 0 Å². The lowest BCUT2D eigenvalue weighted by Gasteiger charge is -2.15. The van der Waals surface area contributed by atoms with Crippen LogP contribution in [-0.2, 0) is 9.84 Å². The first-order valence-corrected chi connectivity index (χ1v) is 8.50. The van der Waals surface area contributed by atoms with Crippen LogP contribution in [0.1, 0.15) is 38.3 Å². The molecule has 0 spiro atoms. The molecule has 0 aliphatic heterocycles. The van der Waals surface area contributed by atoms with Gasteiger partial charge in [0.15, 0.2) is 0 Å². The van der Waals surface area contributed by atoms with Crippen molar-refractivity contribution in [3.8, 4) is 5.75 Å². The highest BCUT2D eigenvalue weighted by Gasteiger charge is 2.11. The minimum atomic E-state index is -2.91. The quantitative estimate of drug-likeness (QED) is 0.744. The van der Waals surface area contributed by atoms with Crippen LogP contribution in [0.3, 0.4) is 0 Å². The monoisotopic (exact) mass is 285 g/mol. The highest BCUT2D eigenvalue weighted by molar-refractivity contribution is 7.91. The Bertz CT molecular complexity index is 485. The summed E-state index contributed by atoms with van der Waals surface area (Å²) in [6, 6.07) is 7.60. The minimum absolute atomic E-state index is 0.0458. The molecule has 4 nitrogen and oxygen atoms in total. The van der Waals surface area contributed by atoms with Crippen molar-refractivity contribution in [2.75, 3.05) is 18.1 Å². The standard InChI is InChI=1S/C14H23NO3S/c1-3-13(15)12-8-5-6-9-14(12)18-10-7-11-19(16,17)4-2/h5-6,8-9,13H,3-4,7,10-11,15H2,1-2H3/t13-/m1/s1. The number of rotatable bonds is 8. The average molecular weight is 285 g/mol. The lowest BCUT2D eigenvalue weighted by Crippen LogP contribution is -2.14. The molecule has 0 unspecified atom stereocenters. The summed E-state index contributed by atoms with van der Waals surface area (Å²) in [7, 11) is -2.91. The zero-order valence-electron chi connectivity index (χ0n) is 11.6. The first-order valence-electron chi connectivity index (χ1n) is 6.68. The third kappa shape index (κ3) is 5.20. The molecule has 0 amide bonds. The van der Waals surface area contributed by atoms with Crippen LogP contribution in [0.4, 0.5) is 0 Å². The molecule has 0 heterocycles. The van der Waals surface area contributed by atoms with E-state index >= 15 is 0 Å². The molecular formula is C14H23NO3S. The highest BCUT2D eigenvalue weighted by Crippen LogP contribution is 2.25. The second-order valence-corrected chi connectivity index (χ2v) is 6.96. The van der Waals surface area contributed by atoms with Crippen molar-refractivity contribution in [1.29, 1.82) is 0 Å². The maximum atomic E-state index is 11.4. The van der Waals surface area contributed by atoms with E-state index in [9.17, 15) is 8.42 Å². The Labute approximate surface area is 115 Å². The highest BCUT2D eigenvalue weighted by atomic mass is 32.2. The zero-order chi connectivity index (χ0) is 14.3. The predicted molar refractivity (Wildman–Crippen MR) is 78.1 cm³/mol. The molecule has 0 aliphatic rings. The largest absolute Gasteiger partial charge is 0.493 e. The predicted octanol–water partition coefficient (Wildman–Crippen LogP) is 2.30. The van der Waals surface area contributed by atoms with Crippen LogP contribution < -0.4 is 10.5 Å². The summed E-state index contributed by atoms with van der Waals surface area (Å²) in [5.41, 5.74) is 6.99. The molecule has 0 radical (unpaired) electrons. The van der Waals surface area contributed by atoms with E-state index in [4.69, 9.17) is 10.5 Å². The van der Waals surface area contributed by atoms with Crippen molar-refractivity contribution in [1.82, 2.24) is 0 Å². The first kappa shape index (κ1) is 16.0. The van der Waals surface area contributed by atoms with Crippen molar-refractivity contribution in [2.24, 2.45) is 5.73 Å². The summed E-state index contributed by atoms with van der Waals surface area (Å²) in [6.45, 7) is 4.08. The van der Waals surface area contributed by atoms with Gasteiger partial charge in [-0.3, -0.25) is 0 Å². The Hall–Kier alpha value is -1.07. The Balaban J connectivity index is 2.54. The molecule has 0 saturated carbocycles. The van der Waals surface area contributed by atoms with Gasteiger partial charge in [0.05, 0.1) is 12.4 Å². The Morgan fingerprint density at radius 1 is 1.26 bits per heavy atom. The van der Waals surface area contributed by atoms with Crippen LogP contribution in [0.5, 0.6) is 5.75 Å². The van der Waals surface area contributed by atoms with Gasteiger partial charge in [-0.25, -0.2) is 8.42 Å². The van der Waals surface area contributed by atoms with E-state index in [-0.39, 0.29) is 17.5 Å². The Morgan fingerprint density at radius 3 is 2.58 bits per heavy atom. The summed E-state index contributed by atoms with van der Waals surface area (Å²) in [5, 5.41) is 0. The second kappa shape index (κ2) is 7.50. The van der Waals surface area contributed by atoms with E-state index < -0.39 is 9.84 Å². The minimum Gasteiger partial charge on any atom is -0.493 e. The molecule has 0 bridgehead atoms. The summed E-state index contributed by atoms with van der Waals surface area (Å²) < 4.78 is 28.4. The van der Waals surface area contributed by atoms with Gasteiger partial charge in [0.1, 0.15) is 15.6 Å². The molecule has 1 aromatic rings. The topological polar surface area (TPSA) is 69.4 Å². The number of benzene rings is 1. The number of sulfone groups is 1. The fourth-order valence-electron chi connectivity index (χ4n) is 1.74. The number of ether oxygens (including phenoxy) is 1. The van der Waals surface area contributed by atoms with Crippen molar-refractivity contribution in [3.63, 3.8) is 0 Å². The van der Waals surface area contributed by atoms with Gasteiger partial charge in [-0.15, -0.1) is 0 Å².